The molecular weight excluding hydrogens is 300 g/mol. The number of rotatable bonds is 4. The molecule has 0 spiro atoms. The molecule has 0 radical (unpaired) electrons. The average molecular weight is 324 g/mol. The molecule has 5 heteroatoms. The predicted molar refractivity (Wildman–Crippen MR) is 86.5 cm³/mol. The van der Waals surface area contributed by atoms with Gasteiger partial charge in [-0.15, -0.1) is 0 Å². The lowest BCUT2D eigenvalue weighted by atomic mass is 9.93. The largest absolute Gasteiger partial charge is 0.493 e. The Bertz CT molecular complexity index is 604. The summed E-state index contributed by atoms with van der Waals surface area (Å²) in [5, 5.41) is 0. The van der Waals surface area contributed by atoms with Crippen LogP contribution in [0, 0.1) is 0 Å². The van der Waals surface area contributed by atoms with Gasteiger partial charge in [-0.3, -0.25) is 0 Å². The van der Waals surface area contributed by atoms with E-state index in [2.05, 4.69) is 6.07 Å². The molecule has 22 heavy (non-hydrogen) atoms. The highest BCUT2D eigenvalue weighted by molar-refractivity contribution is 7.91. The Morgan fingerprint density at radius 2 is 1.68 bits per heavy atom. The molecule has 2 aliphatic rings. The van der Waals surface area contributed by atoms with Crippen LogP contribution in [0.25, 0.3) is 0 Å². The molecule has 1 saturated carbocycles. The SMILES string of the molecule is COc1ccc(C2CCS(=O)(=O)CC2)cc1OC1CCCC1. The van der Waals surface area contributed by atoms with E-state index in [1.165, 1.54) is 18.4 Å². The van der Waals surface area contributed by atoms with Crippen LogP contribution in [0.1, 0.15) is 50.0 Å². The van der Waals surface area contributed by atoms with Crippen molar-refractivity contribution in [2.75, 3.05) is 18.6 Å². The molecule has 1 aromatic carbocycles. The first-order valence-corrected chi connectivity index (χ1v) is 9.94. The predicted octanol–water partition coefficient (Wildman–Crippen LogP) is 3.31. The first-order valence-electron chi connectivity index (χ1n) is 8.12. The quantitative estimate of drug-likeness (QED) is 0.852. The minimum absolute atomic E-state index is 0.288. The van der Waals surface area contributed by atoms with E-state index in [4.69, 9.17) is 9.47 Å². The van der Waals surface area contributed by atoms with Gasteiger partial charge in [0.2, 0.25) is 0 Å². The van der Waals surface area contributed by atoms with E-state index in [1.807, 2.05) is 12.1 Å². The number of hydrogen-bond donors (Lipinski definition) is 0. The van der Waals surface area contributed by atoms with Gasteiger partial charge in [-0.05, 0) is 62.1 Å². The molecule has 0 atom stereocenters. The molecule has 1 aliphatic heterocycles. The first-order chi connectivity index (χ1) is 10.6. The fraction of sp³-hybridized carbons (Fsp3) is 0.647. The van der Waals surface area contributed by atoms with Crippen molar-refractivity contribution in [3.63, 3.8) is 0 Å². The third-order valence-electron chi connectivity index (χ3n) is 4.81. The van der Waals surface area contributed by atoms with Crippen LogP contribution in [0.4, 0.5) is 0 Å². The topological polar surface area (TPSA) is 52.6 Å². The highest BCUT2D eigenvalue weighted by atomic mass is 32.2. The number of ether oxygens (including phenoxy) is 2. The number of benzene rings is 1. The Labute approximate surface area is 132 Å². The molecule has 1 aliphatic carbocycles. The summed E-state index contributed by atoms with van der Waals surface area (Å²) in [7, 11) is -1.16. The van der Waals surface area contributed by atoms with E-state index in [0.29, 0.717) is 30.3 Å². The summed E-state index contributed by atoms with van der Waals surface area (Å²) in [5.74, 6) is 2.46. The van der Waals surface area contributed by atoms with Gasteiger partial charge >= 0.3 is 0 Å². The minimum Gasteiger partial charge on any atom is -0.493 e. The molecular formula is C17H24O4S. The van der Waals surface area contributed by atoms with Crippen LogP contribution in [-0.4, -0.2) is 33.1 Å². The Morgan fingerprint density at radius 1 is 1.00 bits per heavy atom. The van der Waals surface area contributed by atoms with Gasteiger partial charge < -0.3 is 9.47 Å². The lowest BCUT2D eigenvalue weighted by molar-refractivity contribution is 0.200. The van der Waals surface area contributed by atoms with Gasteiger partial charge in [-0.2, -0.15) is 0 Å². The van der Waals surface area contributed by atoms with Crippen LogP contribution in [-0.2, 0) is 9.84 Å². The van der Waals surface area contributed by atoms with Crippen LogP contribution in [0.15, 0.2) is 18.2 Å². The van der Waals surface area contributed by atoms with Crippen molar-refractivity contribution < 1.29 is 17.9 Å². The molecule has 4 nitrogen and oxygen atoms in total. The van der Waals surface area contributed by atoms with E-state index in [0.717, 1.165) is 24.3 Å². The van der Waals surface area contributed by atoms with Gasteiger partial charge in [-0.25, -0.2) is 8.42 Å². The molecule has 0 bridgehead atoms. The Balaban J connectivity index is 1.77. The second-order valence-corrected chi connectivity index (χ2v) is 8.66. The second kappa shape index (κ2) is 6.49. The summed E-state index contributed by atoms with van der Waals surface area (Å²) in [6.45, 7) is 0. The maximum Gasteiger partial charge on any atom is 0.161 e. The summed E-state index contributed by atoms with van der Waals surface area (Å²) in [6.07, 6.45) is 6.37. The van der Waals surface area contributed by atoms with Crippen LogP contribution in [0.3, 0.4) is 0 Å². The molecule has 122 valence electrons. The Hall–Kier alpha value is -1.23. The monoisotopic (exact) mass is 324 g/mol. The smallest absolute Gasteiger partial charge is 0.161 e. The number of methoxy groups -OCH3 is 1. The van der Waals surface area contributed by atoms with Gasteiger partial charge in [0.25, 0.3) is 0 Å². The molecule has 2 fully saturated rings. The highest BCUT2D eigenvalue weighted by Gasteiger charge is 2.26. The average Bonchev–Trinajstić information content (AvgIpc) is 3.00. The van der Waals surface area contributed by atoms with Crippen molar-refractivity contribution in [2.45, 2.75) is 50.5 Å². The Kier molecular flexibility index (Phi) is 4.62. The third-order valence-corrected chi connectivity index (χ3v) is 6.52. The fourth-order valence-corrected chi connectivity index (χ4v) is 4.94. The highest BCUT2D eigenvalue weighted by Crippen LogP contribution is 2.37. The van der Waals surface area contributed by atoms with Gasteiger partial charge in [0, 0.05) is 0 Å². The minimum atomic E-state index is -2.82. The zero-order valence-corrected chi connectivity index (χ0v) is 13.9. The zero-order valence-electron chi connectivity index (χ0n) is 13.1. The van der Waals surface area contributed by atoms with Crippen molar-refractivity contribution in [1.82, 2.24) is 0 Å². The summed E-state index contributed by atoms with van der Waals surface area (Å²) in [6, 6.07) is 6.05. The second-order valence-electron chi connectivity index (χ2n) is 6.36. The van der Waals surface area contributed by atoms with Crippen LogP contribution < -0.4 is 9.47 Å². The fourth-order valence-electron chi connectivity index (χ4n) is 3.45. The van der Waals surface area contributed by atoms with Crippen molar-refractivity contribution in [1.29, 1.82) is 0 Å². The lowest BCUT2D eigenvalue weighted by Gasteiger charge is -2.24. The maximum absolute atomic E-state index is 11.6. The Morgan fingerprint density at radius 3 is 2.32 bits per heavy atom. The molecule has 1 saturated heterocycles. The van der Waals surface area contributed by atoms with E-state index >= 15 is 0 Å². The molecule has 0 amide bonds. The zero-order chi connectivity index (χ0) is 15.6. The summed E-state index contributed by atoms with van der Waals surface area (Å²) >= 11 is 0. The van der Waals surface area contributed by atoms with Crippen molar-refractivity contribution in [2.24, 2.45) is 0 Å². The van der Waals surface area contributed by atoms with Gasteiger partial charge in [0.15, 0.2) is 11.5 Å². The van der Waals surface area contributed by atoms with E-state index < -0.39 is 9.84 Å². The van der Waals surface area contributed by atoms with Gasteiger partial charge in [-0.1, -0.05) is 6.07 Å². The van der Waals surface area contributed by atoms with Crippen LogP contribution in [0.2, 0.25) is 0 Å². The lowest BCUT2D eigenvalue weighted by Crippen LogP contribution is -2.22. The molecule has 1 heterocycles. The maximum atomic E-state index is 11.6. The molecule has 3 rings (SSSR count). The van der Waals surface area contributed by atoms with Crippen molar-refractivity contribution >= 4 is 9.84 Å². The van der Waals surface area contributed by atoms with E-state index in [9.17, 15) is 8.42 Å². The van der Waals surface area contributed by atoms with Gasteiger partial charge in [0.05, 0.1) is 24.7 Å². The molecule has 0 unspecified atom stereocenters. The van der Waals surface area contributed by atoms with Crippen LogP contribution >= 0.6 is 0 Å². The molecule has 0 N–H and O–H groups in total. The van der Waals surface area contributed by atoms with Gasteiger partial charge in [0.1, 0.15) is 9.84 Å². The third kappa shape index (κ3) is 3.57. The summed E-state index contributed by atoms with van der Waals surface area (Å²) in [5.41, 5.74) is 1.17. The first kappa shape index (κ1) is 15.7. The van der Waals surface area contributed by atoms with E-state index in [-0.39, 0.29) is 6.10 Å². The summed E-state index contributed by atoms with van der Waals surface area (Å²) in [4.78, 5) is 0. The summed E-state index contributed by atoms with van der Waals surface area (Å²) < 4.78 is 34.7. The number of sulfone groups is 1. The van der Waals surface area contributed by atoms with Crippen LogP contribution in [0.5, 0.6) is 11.5 Å². The normalized spacial score (nSPS) is 22.6. The molecule has 1 aromatic rings. The van der Waals surface area contributed by atoms with Crippen molar-refractivity contribution in [3.05, 3.63) is 23.8 Å². The number of hydrogen-bond acceptors (Lipinski definition) is 4. The standard InChI is InChI=1S/C17H24O4S/c1-20-16-7-6-14(13-8-10-22(18,19)11-9-13)12-17(16)21-15-4-2-3-5-15/h6-7,12-13,15H,2-5,8-11H2,1H3. The molecule has 0 aromatic heterocycles. The van der Waals surface area contributed by atoms with E-state index in [1.54, 1.807) is 7.11 Å². The van der Waals surface area contributed by atoms with Crippen molar-refractivity contribution in [3.8, 4) is 11.5 Å².